The van der Waals surface area contributed by atoms with Crippen molar-refractivity contribution < 1.29 is 19.1 Å². The summed E-state index contributed by atoms with van der Waals surface area (Å²) in [6.45, 7) is 0. The number of hydrogen-bond acceptors (Lipinski definition) is 4. The minimum absolute atomic E-state index is 0.299. The summed E-state index contributed by atoms with van der Waals surface area (Å²) in [4.78, 5) is 36.6. The standard InChI is InChI=1S/C26H24N2O4/c1-32-24-14-13-21(26(31)27-22(18-29)16-20-10-6-3-7-11-20)17-23(24)28-25(30)15-12-19-8-4-2-5-9-19/h2-15,17-18,22H,16H2,1H3,(H,27,31)(H,28,30)/b15-12+. The van der Waals surface area contributed by atoms with Crippen molar-refractivity contribution in [1.82, 2.24) is 5.32 Å². The molecule has 0 aliphatic heterocycles. The van der Waals surface area contributed by atoms with Crippen molar-refractivity contribution in [2.75, 3.05) is 12.4 Å². The molecule has 3 aromatic rings. The van der Waals surface area contributed by atoms with E-state index in [0.717, 1.165) is 11.1 Å². The Morgan fingerprint density at radius 1 is 0.969 bits per heavy atom. The highest BCUT2D eigenvalue weighted by Crippen LogP contribution is 2.25. The minimum Gasteiger partial charge on any atom is -0.495 e. The van der Waals surface area contributed by atoms with E-state index in [1.807, 2.05) is 60.7 Å². The van der Waals surface area contributed by atoms with Gasteiger partial charge in [0.2, 0.25) is 5.91 Å². The third-order valence-corrected chi connectivity index (χ3v) is 4.73. The van der Waals surface area contributed by atoms with Crippen molar-refractivity contribution in [3.05, 3.63) is 102 Å². The van der Waals surface area contributed by atoms with Crippen molar-refractivity contribution in [3.63, 3.8) is 0 Å². The number of ether oxygens (including phenoxy) is 1. The summed E-state index contributed by atoms with van der Waals surface area (Å²) in [5, 5.41) is 5.46. The molecule has 0 aliphatic carbocycles. The van der Waals surface area contributed by atoms with Gasteiger partial charge in [-0.1, -0.05) is 60.7 Å². The van der Waals surface area contributed by atoms with Gasteiger partial charge in [0.1, 0.15) is 12.0 Å². The van der Waals surface area contributed by atoms with Gasteiger partial charge < -0.3 is 20.2 Å². The largest absolute Gasteiger partial charge is 0.495 e. The molecule has 0 heterocycles. The zero-order chi connectivity index (χ0) is 22.8. The fourth-order valence-corrected chi connectivity index (χ4v) is 3.11. The van der Waals surface area contributed by atoms with Gasteiger partial charge in [-0.2, -0.15) is 0 Å². The first-order valence-electron chi connectivity index (χ1n) is 10.1. The van der Waals surface area contributed by atoms with Crippen LogP contribution >= 0.6 is 0 Å². The molecule has 3 rings (SSSR count). The predicted molar refractivity (Wildman–Crippen MR) is 125 cm³/mol. The highest BCUT2D eigenvalue weighted by molar-refractivity contribution is 6.04. The molecule has 2 amide bonds. The maximum absolute atomic E-state index is 12.7. The summed E-state index contributed by atoms with van der Waals surface area (Å²) in [7, 11) is 1.48. The minimum atomic E-state index is -0.668. The Balaban J connectivity index is 1.70. The predicted octanol–water partition coefficient (Wildman–Crippen LogP) is 3.89. The van der Waals surface area contributed by atoms with E-state index in [9.17, 15) is 14.4 Å². The zero-order valence-electron chi connectivity index (χ0n) is 17.7. The molecule has 32 heavy (non-hydrogen) atoms. The maximum Gasteiger partial charge on any atom is 0.251 e. The van der Waals surface area contributed by atoms with Crippen LogP contribution in [0.15, 0.2) is 84.9 Å². The number of methoxy groups -OCH3 is 1. The number of benzene rings is 3. The van der Waals surface area contributed by atoms with Crippen LogP contribution < -0.4 is 15.4 Å². The number of aldehydes is 1. The third kappa shape index (κ3) is 6.40. The first-order valence-corrected chi connectivity index (χ1v) is 10.1. The summed E-state index contributed by atoms with van der Waals surface area (Å²) >= 11 is 0. The molecule has 0 aromatic heterocycles. The summed E-state index contributed by atoms with van der Waals surface area (Å²) in [5.74, 6) is -0.366. The number of anilines is 1. The molecule has 1 atom stereocenters. The summed E-state index contributed by atoms with van der Waals surface area (Å²) in [6, 6.07) is 22.9. The van der Waals surface area contributed by atoms with E-state index < -0.39 is 11.9 Å². The quantitative estimate of drug-likeness (QED) is 0.400. The second-order valence-electron chi connectivity index (χ2n) is 7.05. The molecule has 0 bridgehead atoms. The van der Waals surface area contributed by atoms with Crippen molar-refractivity contribution in [2.45, 2.75) is 12.5 Å². The third-order valence-electron chi connectivity index (χ3n) is 4.73. The average molecular weight is 428 g/mol. The van der Waals surface area contributed by atoms with Crippen molar-refractivity contribution in [3.8, 4) is 5.75 Å². The monoisotopic (exact) mass is 428 g/mol. The molecule has 0 saturated heterocycles. The molecule has 6 heteroatoms. The normalized spacial score (nSPS) is 11.5. The van der Waals surface area contributed by atoms with Gasteiger partial charge in [0, 0.05) is 11.6 Å². The smallest absolute Gasteiger partial charge is 0.251 e. The van der Waals surface area contributed by atoms with Crippen LogP contribution in [-0.2, 0) is 16.0 Å². The first-order chi connectivity index (χ1) is 15.6. The number of rotatable bonds is 9. The molecule has 6 nitrogen and oxygen atoms in total. The van der Waals surface area contributed by atoms with Gasteiger partial charge >= 0.3 is 0 Å². The Morgan fingerprint density at radius 3 is 2.31 bits per heavy atom. The summed E-state index contributed by atoms with van der Waals surface area (Å²) < 4.78 is 5.30. The number of hydrogen-bond donors (Lipinski definition) is 2. The van der Waals surface area contributed by atoms with Crippen LogP contribution in [0.4, 0.5) is 5.69 Å². The van der Waals surface area contributed by atoms with Crippen LogP contribution in [0.3, 0.4) is 0 Å². The highest BCUT2D eigenvalue weighted by Gasteiger charge is 2.16. The Labute approximate surface area is 186 Å². The number of carbonyl (C=O) groups excluding carboxylic acids is 3. The molecule has 2 N–H and O–H groups in total. The molecular formula is C26H24N2O4. The Bertz CT molecular complexity index is 1100. The van der Waals surface area contributed by atoms with Crippen LogP contribution in [0.25, 0.3) is 6.08 Å². The second kappa shape index (κ2) is 11.3. The van der Waals surface area contributed by atoms with E-state index in [0.29, 0.717) is 29.7 Å². The topological polar surface area (TPSA) is 84.5 Å². The summed E-state index contributed by atoms with van der Waals surface area (Å²) in [6.07, 6.45) is 4.20. The van der Waals surface area contributed by atoms with Crippen molar-refractivity contribution >= 4 is 29.9 Å². The molecule has 3 aromatic carbocycles. The molecule has 1 unspecified atom stereocenters. The molecule has 162 valence electrons. The first kappa shape index (κ1) is 22.5. The Hall–Kier alpha value is -4.19. The number of nitrogens with one attached hydrogen (secondary N) is 2. The van der Waals surface area contributed by atoms with E-state index >= 15 is 0 Å². The van der Waals surface area contributed by atoms with Gasteiger partial charge in [0.15, 0.2) is 0 Å². The van der Waals surface area contributed by atoms with Gasteiger partial charge in [-0.05, 0) is 41.8 Å². The van der Waals surface area contributed by atoms with Gasteiger partial charge in [0.05, 0.1) is 18.8 Å². The van der Waals surface area contributed by atoms with Gasteiger partial charge in [-0.15, -0.1) is 0 Å². The lowest BCUT2D eigenvalue weighted by molar-refractivity contribution is -0.112. The molecule has 0 fully saturated rings. The molecular weight excluding hydrogens is 404 g/mol. The van der Waals surface area contributed by atoms with Crippen LogP contribution in [-0.4, -0.2) is 31.3 Å². The lowest BCUT2D eigenvalue weighted by Crippen LogP contribution is -2.37. The van der Waals surface area contributed by atoms with Crippen LogP contribution in [0.5, 0.6) is 5.75 Å². The van der Waals surface area contributed by atoms with E-state index in [-0.39, 0.29) is 5.91 Å². The Morgan fingerprint density at radius 2 is 1.66 bits per heavy atom. The second-order valence-corrected chi connectivity index (χ2v) is 7.05. The lowest BCUT2D eigenvalue weighted by atomic mass is 10.1. The van der Waals surface area contributed by atoms with Crippen LogP contribution in [0.2, 0.25) is 0 Å². The number of amides is 2. The van der Waals surface area contributed by atoms with Crippen LogP contribution in [0.1, 0.15) is 21.5 Å². The number of carbonyl (C=O) groups is 3. The Kier molecular flexibility index (Phi) is 7.92. The van der Waals surface area contributed by atoms with E-state index in [4.69, 9.17) is 4.74 Å². The SMILES string of the molecule is COc1ccc(C(=O)NC(C=O)Cc2ccccc2)cc1NC(=O)/C=C/c1ccccc1. The fraction of sp³-hybridized carbons (Fsp3) is 0.115. The van der Waals surface area contributed by atoms with E-state index in [1.165, 1.54) is 19.3 Å². The van der Waals surface area contributed by atoms with E-state index in [2.05, 4.69) is 10.6 Å². The van der Waals surface area contributed by atoms with Crippen molar-refractivity contribution in [1.29, 1.82) is 0 Å². The van der Waals surface area contributed by atoms with E-state index in [1.54, 1.807) is 18.2 Å². The molecule has 0 aliphatic rings. The van der Waals surface area contributed by atoms with Gasteiger partial charge in [0.25, 0.3) is 5.91 Å². The fourth-order valence-electron chi connectivity index (χ4n) is 3.11. The zero-order valence-corrected chi connectivity index (χ0v) is 17.7. The molecule has 0 radical (unpaired) electrons. The lowest BCUT2D eigenvalue weighted by Gasteiger charge is -2.15. The average Bonchev–Trinajstić information content (AvgIpc) is 2.83. The van der Waals surface area contributed by atoms with Gasteiger partial charge in [-0.3, -0.25) is 9.59 Å². The van der Waals surface area contributed by atoms with Crippen LogP contribution in [0, 0.1) is 0 Å². The maximum atomic E-state index is 12.7. The van der Waals surface area contributed by atoms with Crippen molar-refractivity contribution in [2.24, 2.45) is 0 Å². The highest BCUT2D eigenvalue weighted by atomic mass is 16.5. The molecule has 0 spiro atoms. The summed E-state index contributed by atoms with van der Waals surface area (Å²) in [5.41, 5.74) is 2.49. The molecule has 0 saturated carbocycles. The van der Waals surface area contributed by atoms with Gasteiger partial charge in [-0.25, -0.2) is 0 Å².